The maximum absolute atomic E-state index is 11.8. The van der Waals surface area contributed by atoms with E-state index in [1.54, 1.807) is 19.3 Å². The number of carbonyl (C=O) groups is 2. The lowest BCUT2D eigenvalue weighted by Crippen LogP contribution is -2.63. The van der Waals surface area contributed by atoms with Gasteiger partial charge in [0, 0.05) is 20.1 Å². The summed E-state index contributed by atoms with van der Waals surface area (Å²) in [5.74, 6) is 0.882. The van der Waals surface area contributed by atoms with E-state index in [4.69, 9.17) is 5.11 Å². The number of amidine groups is 2. The molecule has 24 heavy (non-hydrogen) atoms. The van der Waals surface area contributed by atoms with E-state index in [1.165, 1.54) is 4.90 Å². The molecular weight excluding hydrogens is 380 g/mol. The van der Waals surface area contributed by atoms with Crippen molar-refractivity contribution in [2.45, 2.75) is 6.04 Å². The number of carboxylic acid groups (broad SMARTS) is 1. The van der Waals surface area contributed by atoms with Gasteiger partial charge in [-0.05, 0) is 22.0 Å². The second-order valence-corrected chi connectivity index (χ2v) is 6.61. The molecule has 1 N–H and O–H groups in total. The number of pyridine rings is 1. The van der Waals surface area contributed by atoms with E-state index in [0.29, 0.717) is 35.1 Å². The first-order valence-electron chi connectivity index (χ1n) is 7.28. The summed E-state index contributed by atoms with van der Waals surface area (Å²) in [6.07, 6.45) is 0.680. The maximum atomic E-state index is 11.8. The lowest BCUT2D eigenvalue weighted by molar-refractivity contribution is -0.115. The average molecular weight is 393 g/mol. The minimum atomic E-state index is -0.959. The highest BCUT2D eigenvalue weighted by Crippen LogP contribution is 2.36. The number of halogens is 1. The fraction of sp³-hybridized carbons (Fsp3) is 0.357. The van der Waals surface area contributed by atoms with Crippen LogP contribution in [0.25, 0.3) is 0 Å². The Morgan fingerprint density at radius 2 is 2.12 bits per heavy atom. The van der Waals surface area contributed by atoms with Crippen LogP contribution >= 0.6 is 15.9 Å². The molecule has 4 rings (SSSR count). The molecule has 0 radical (unpaired) electrons. The fourth-order valence-electron chi connectivity index (χ4n) is 2.91. The number of fused-ring (bicyclic) bond motifs is 3. The van der Waals surface area contributed by atoms with Gasteiger partial charge in [0.05, 0.1) is 17.9 Å². The molecule has 0 bridgehead atoms. The number of nitrogens with zero attached hydrogens (tertiary/aromatic N) is 6. The third-order valence-corrected chi connectivity index (χ3v) is 4.77. The minimum absolute atomic E-state index is 0.0965. The number of likely N-dealkylation sites (N-methyl/N-ethyl adjacent to an activating group) is 1. The van der Waals surface area contributed by atoms with Crippen molar-refractivity contribution in [3.8, 4) is 0 Å². The number of aliphatic imine (C=N–C) groups is 2. The van der Waals surface area contributed by atoms with Crippen LogP contribution in [0.3, 0.4) is 0 Å². The Bertz CT molecular complexity index is 817. The zero-order chi connectivity index (χ0) is 17.0. The molecule has 0 aliphatic carbocycles. The summed E-state index contributed by atoms with van der Waals surface area (Å²) in [7, 11) is 1.55. The smallest absolute Gasteiger partial charge is 0.407 e. The fourth-order valence-corrected chi connectivity index (χ4v) is 3.23. The molecule has 9 nitrogen and oxygen atoms in total. The molecule has 0 atom stereocenters. The molecular formula is C14H13BrN6O3. The van der Waals surface area contributed by atoms with Gasteiger partial charge in [-0.1, -0.05) is 0 Å². The van der Waals surface area contributed by atoms with Gasteiger partial charge < -0.3 is 19.8 Å². The van der Waals surface area contributed by atoms with Crippen molar-refractivity contribution in [3.05, 3.63) is 16.9 Å². The highest BCUT2D eigenvalue weighted by molar-refractivity contribution is 9.10. The summed E-state index contributed by atoms with van der Waals surface area (Å²) in [6, 6.07) is 1.71. The molecule has 3 aliphatic heterocycles. The SMILES string of the molecule is CN(C(=O)O)C1CN(C2=Nc3cnc(Br)cc3N3CC(=O)N=C23)C1. The van der Waals surface area contributed by atoms with Crippen LogP contribution in [0.2, 0.25) is 0 Å². The van der Waals surface area contributed by atoms with Crippen molar-refractivity contribution in [2.24, 2.45) is 9.98 Å². The molecule has 1 fully saturated rings. The molecule has 1 saturated heterocycles. The van der Waals surface area contributed by atoms with Gasteiger partial charge in [0.15, 0.2) is 11.7 Å². The Balaban J connectivity index is 1.66. The van der Waals surface area contributed by atoms with E-state index in [-0.39, 0.29) is 18.5 Å². The second kappa shape index (κ2) is 5.26. The Morgan fingerprint density at radius 1 is 1.38 bits per heavy atom. The standard InChI is InChI=1S/C14H13BrN6O3/c1-19(14(23)24)7-4-20(5-7)12-13-18-11(22)6-21(13)9-2-10(15)16-3-8(9)17-12/h2-3,7H,4-6H2,1H3,(H,23,24). The zero-order valence-corrected chi connectivity index (χ0v) is 14.3. The molecule has 4 heterocycles. The van der Waals surface area contributed by atoms with E-state index in [0.717, 1.165) is 5.69 Å². The number of rotatable bonds is 1. The van der Waals surface area contributed by atoms with Gasteiger partial charge in [0.1, 0.15) is 16.8 Å². The number of hydrogen-bond acceptors (Lipinski definition) is 6. The van der Waals surface area contributed by atoms with Crippen LogP contribution in [-0.2, 0) is 4.79 Å². The maximum Gasteiger partial charge on any atom is 0.407 e. The van der Waals surface area contributed by atoms with E-state index in [2.05, 4.69) is 30.9 Å². The second-order valence-electron chi connectivity index (χ2n) is 5.80. The summed E-state index contributed by atoms with van der Waals surface area (Å²) in [5, 5.41) is 9.04. The van der Waals surface area contributed by atoms with E-state index in [9.17, 15) is 9.59 Å². The highest BCUT2D eigenvalue weighted by atomic mass is 79.9. The van der Waals surface area contributed by atoms with Crippen LogP contribution in [-0.4, -0.2) is 76.3 Å². The molecule has 0 unspecified atom stereocenters. The Morgan fingerprint density at radius 3 is 2.83 bits per heavy atom. The number of carbonyl (C=O) groups excluding carboxylic acids is 1. The van der Waals surface area contributed by atoms with Crippen LogP contribution in [0.15, 0.2) is 26.9 Å². The summed E-state index contributed by atoms with van der Waals surface area (Å²) >= 11 is 3.33. The summed E-state index contributed by atoms with van der Waals surface area (Å²) in [4.78, 5) is 40.8. The largest absolute Gasteiger partial charge is 0.465 e. The topological polar surface area (TPSA) is 102 Å². The highest BCUT2D eigenvalue weighted by Gasteiger charge is 2.41. The van der Waals surface area contributed by atoms with E-state index >= 15 is 0 Å². The molecule has 1 aromatic heterocycles. The van der Waals surface area contributed by atoms with Gasteiger partial charge in [-0.25, -0.2) is 14.8 Å². The quantitative estimate of drug-likeness (QED) is 0.713. The van der Waals surface area contributed by atoms with E-state index in [1.807, 2.05) is 9.80 Å². The molecule has 0 spiro atoms. The van der Waals surface area contributed by atoms with Crippen LogP contribution in [0.5, 0.6) is 0 Å². The normalized spacial score (nSPS) is 19.3. The molecule has 0 aromatic carbocycles. The van der Waals surface area contributed by atoms with Crippen molar-refractivity contribution >= 4 is 51.0 Å². The first-order chi connectivity index (χ1) is 11.4. The average Bonchev–Trinajstić information content (AvgIpc) is 2.88. The third kappa shape index (κ3) is 2.25. The lowest BCUT2D eigenvalue weighted by Gasteiger charge is -2.45. The Labute approximate surface area is 145 Å². The molecule has 10 heteroatoms. The molecule has 124 valence electrons. The number of amides is 2. The van der Waals surface area contributed by atoms with Crippen LogP contribution in [0.1, 0.15) is 0 Å². The van der Waals surface area contributed by atoms with Crippen molar-refractivity contribution < 1.29 is 14.7 Å². The number of aromatic nitrogens is 1. The lowest BCUT2D eigenvalue weighted by atomic mass is 10.1. The van der Waals surface area contributed by atoms with Gasteiger partial charge in [0.25, 0.3) is 5.91 Å². The predicted octanol–water partition coefficient (Wildman–Crippen LogP) is 0.927. The Hall–Kier alpha value is -2.49. The van der Waals surface area contributed by atoms with Gasteiger partial charge in [0.2, 0.25) is 0 Å². The summed E-state index contributed by atoms with van der Waals surface area (Å²) in [5.41, 5.74) is 1.45. The molecule has 3 aliphatic rings. The summed E-state index contributed by atoms with van der Waals surface area (Å²) < 4.78 is 0.658. The monoisotopic (exact) mass is 392 g/mol. The molecule has 0 saturated carbocycles. The Kier molecular flexibility index (Phi) is 3.30. The zero-order valence-electron chi connectivity index (χ0n) is 12.7. The minimum Gasteiger partial charge on any atom is -0.465 e. The van der Waals surface area contributed by atoms with E-state index < -0.39 is 6.09 Å². The van der Waals surface area contributed by atoms with Gasteiger partial charge in [-0.3, -0.25) is 4.79 Å². The van der Waals surface area contributed by atoms with Crippen LogP contribution in [0.4, 0.5) is 16.2 Å². The van der Waals surface area contributed by atoms with Crippen molar-refractivity contribution in [1.29, 1.82) is 0 Å². The summed E-state index contributed by atoms with van der Waals surface area (Å²) in [6.45, 7) is 1.20. The van der Waals surface area contributed by atoms with Gasteiger partial charge in [-0.15, -0.1) is 0 Å². The predicted molar refractivity (Wildman–Crippen MR) is 90.0 cm³/mol. The van der Waals surface area contributed by atoms with Crippen LogP contribution < -0.4 is 4.90 Å². The van der Waals surface area contributed by atoms with Crippen molar-refractivity contribution in [3.63, 3.8) is 0 Å². The van der Waals surface area contributed by atoms with Crippen molar-refractivity contribution in [2.75, 3.05) is 31.6 Å². The number of anilines is 1. The van der Waals surface area contributed by atoms with Crippen LogP contribution in [0, 0.1) is 0 Å². The van der Waals surface area contributed by atoms with Crippen molar-refractivity contribution in [1.82, 2.24) is 14.8 Å². The first kappa shape index (κ1) is 15.1. The number of hydrogen-bond donors (Lipinski definition) is 1. The molecule has 1 aromatic rings. The van der Waals surface area contributed by atoms with Gasteiger partial charge in [-0.2, -0.15) is 4.99 Å². The third-order valence-electron chi connectivity index (χ3n) is 4.34. The number of likely N-dealkylation sites (tertiary alicyclic amines) is 1. The molecule has 2 amide bonds. The van der Waals surface area contributed by atoms with Gasteiger partial charge >= 0.3 is 6.09 Å². The first-order valence-corrected chi connectivity index (χ1v) is 8.07.